The largest absolute Gasteiger partial charge is 0.380 e. The fourth-order valence-corrected chi connectivity index (χ4v) is 2.10. The summed E-state index contributed by atoms with van der Waals surface area (Å²) in [4.78, 5) is 8.02. The predicted octanol–water partition coefficient (Wildman–Crippen LogP) is 2.85. The van der Waals surface area contributed by atoms with Gasteiger partial charge in [-0.05, 0) is 18.2 Å². The number of methoxy groups -OCH3 is 1. The maximum Gasteiger partial charge on any atom is 0.147 e. The molecule has 0 fully saturated rings. The lowest BCUT2D eigenvalue weighted by molar-refractivity contribution is 0.177. The molecule has 0 unspecified atom stereocenters. The zero-order chi connectivity index (χ0) is 14.1. The van der Waals surface area contributed by atoms with Crippen LogP contribution in [0.3, 0.4) is 0 Å². The van der Waals surface area contributed by atoms with Crippen molar-refractivity contribution >= 4 is 11.0 Å². The number of rotatable bonds is 3. The minimum absolute atomic E-state index is 0.0812. The minimum Gasteiger partial charge on any atom is -0.380 e. The zero-order valence-corrected chi connectivity index (χ0v) is 10.7. The Labute approximate surface area is 113 Å². The van der Waals surface area contributed by atoms with E-state index >= 15 is 0 Å². The van der Waals surface area contributed by atoms with E-state index in [0.29, 0.717) is 11.3 Å². The normalized spacial score (nSPS) is 11.2. The molecule has 2 aromatic heterocycles. The number of halogens is 2. The first-order chi connectivity index (χ1) is 9.70. The highest BCUT2D eigenvalue weighted by molar-refractivity contribution is 5.76. The van der Waals surface area contributed by atoms with Crippen LogP contribution in [0.5, 0.6) is 0 Å². The van der Waals surface area contributed by atoms with Crippen molar-refractivity contribution < 1.29 is 13.5 Å². The van der Waals surface area contributed by atoms with Gasteiger partial charge in [0.15, 0.2) is 0 Å². The van der Waals surface area contributed by atoms with Gasteiger partial charge in [0.2, 0.25) is 0 Å². The number of fused-ring (bicyclic) bond motifs is 1. The fourth-order valence-electron chi connectivity index (χ4n) is 2.10. The molecule has 0 aliphatic rings. The summed E-state index contributed by atoms with van der Waals surface area (Å²) in [6.45, 7) is -0.105. The standard InChI is InChI=1S/C14H11F2N3O/c1-20-7-11-12(15)4-10(5-13(11)16)19-3-2-9-6-17-8-18-14(9)19/h2-6,8H,7H2,1H3. The van der Waals surface area contributed by atoms with E-state index < -0.39 is 11.6 Å². The van der Waals surface area contributed by atoms with E-state index in [2.05, 4.69) is 9.97 Å². The smallest absolute Gasteiger partial charge is 0.147 e. The molecule has 102 valence electrons. The Morgan fingerprint density at radius 2 is 2.00 bits per heavy atom. The third kappa shape index (κ3) is 2.04. The van der Waals surface area contributed by atoms with Crippen LogP contribution in [0.4, 0.5) is 8.78 Å². The molecule has 0 N–H and O–H groups in total. The minimum atomic E-state index is -0.641. The molecule has 6 heteroatoms. The molecule has 0 spiro atoms. The molecule has 0 saturated carbocycles. The first-order valence-electron chi connectivity index (χ1n) is 5.95. The fraction of sp³-hybridized carbons (Fsp3) is 0.143. The van der Waals surface area contributed by atoms with Crippen molar-refractivity contribution in [3.8, 4) is 5.69 Å². The lowest BCUT2D eigenvalue weighted by Crippen LogP contribution is -2.02. The summed E-state index contributed by atoms with van der Waals surface area (Å²) < 4.78 is 34.2. The highest BCUT2D eigenvalue weighted by Crippen LogP contribution is 2.22. The maximum atomic E-state index is 13.9. The van der Waals surface area contributed by atoms with E-state index in [-0.39, 0.29) is 12.2 Å². The molecule has 0 atom stereocenters. The van der Waals surface area contributed by atoms with Crippen LogP contribution in [0, 0.1) is 11.6 Å². The maximum absolute atomic E-state index is 13.9. The number of hydrogen-bond acceptors (Lipinski definition) is 3. The molecule has 0 aliphatic carbocycles. The zero-order valence-electron chi connectivity index (χ0n) is 10.7. The Hall–Kier alpha value is -2.34. The van der Waals surface area contributed by atoms with Crippen LogP contribution < -0.4 is 0 Å². The van der Waals surface area contributed by atoms with Gasteiger partial charge in [0.1, 0.15) is 23.6 Å². The van der Waals surface area contributed by atoms with Crippen molar-refractivity contribution in [2.75, 3.05) is 7.11 Å². The summed E-state index contributed by atoms with van der Waals surface area (Å²) in [5, 5.41) is 0.800. The average Bonchev–Trinajstić information content (AvgIpc) is 2.86. The van der Waals surface area contributed by atoms with Gasteiger partial charge in [-0.25, -0.2) is 18.7 Å². The number of ether oxygens (including phenoxy) is 1. The van der Waals surface area contributed by atoms with Crippen LogP contribution in [0.25, 0.3) is 16.7 Å². The number of nitrogens with zero attached hydrogens (tertiary/aromatic N) is 3. The topological polar surface area (TPSA) is 39.9 Å². The van der Waals surface area contributed by atoms with Crippen LogP contribution >= 0.6 is 0 Å². The molecular weight excluding hydrogens is 264 g/mol. The summed E-state index contributed by atoms with van der Waals surface area (Å²) in [5.74, 6) is -1.28. The molecule has 0 saturated heterocycles. The molecule has 2 heterocycles. The molecule has 0 radical (unpaired) electrons. The second kappa shape index (κ2) is 4.97. The second-order valence-corrected chi connectivity index (χ2v) is 4.31. The second-order valence-electron chi connectivity index (χ2n) is 4.31. The Kier molecular flexibility index (Phi) is 3.15. The van der Waals surface area contributed by atoms with E-state index in [1.807, 2.05) is 0 Å². The van der Waals surface area contributed by atoms with E-state index in [1.165, 1.54) is 25.6 Å². The van der Waals surface area contributed by atoms with Crippen molar-refractivity contribution in [3.05, 3.63) is 54.1 Å². The van der Waals surface area contributed by atoms with Gasteiger partial charge < -0.3 is 9.30 Å². The van der Waals surface area contributed by atoms with Gasteiger partial charge >= 0.3 is 0 Å². The van der Waals surface area contributed by atoms with Gasteiger partial charge in [0, 0.05) is 30.5 Å². The van der Waals surface area contributed by atoms with E-state index in [0.717, 1.165) is 5.39 Å². The van der Waals surface area contributed by atoms with Crippen molar-refractivity contribution in [3.63, 3.8) is 0 Å². The molecule has 20 heavy (non-hydrogen) atoms. The number of hydrogen-bond donors (Lipinski definition) is 0. The lowest BCUT2D eigenvalue weighted by Gasteiger charge is -2.09. The molecule has 3 aromatic rings. The third-order valence-electron chi connectivity index (χ3n) is 3.04. The molecule has 3 rings (SSSR count). The van der Waals surface area contributed by atoms with Gasteiger partial charge in [-0.2, -0.15) is 0 Å². The Bertz CT molecular complexity index is 747. The lowest BCUT2D eigenvalue weighted by atomic mass is 10.2. The van der Waals surface area contributed by atoms with Crippen LogP contribution in [-0.2, 0) is 11.3 Å². The van der Waals surface area contributed by atoms with Crippen molar-refractivity contribution in [1.29, 1.82) is 0 Å². The highest BCUT2D eigenvalue weighted by Gasteiger charge is 2.13. The van der Waals surface area contributed by atoms with Crippen molar-refractivity contribution in [1.82, 2.24) is 14.5 Å². The molecular formula is C14H11F2N3O. The van der Waals surface area contributed by atoms with Crippen LogP contribution in [-0.4, -0.2) is 21.6 Å². The van der Waals surface area contributed by atoms with E-state index in [4.69, 9.17) is 4.74 Å². The summed E-state index contributed by atoms with van der Waals surface area (Å²) in [6.07, 6.45) is 4.74. The molecule has 4 nitrogen and oxygen atoms in total. The van der Waals surface area contributed by atoms with Gasteiger partial charge in [0.05, 0.1) is 12.3 Å². The monoisotopic (exact) mass is 275 g/mol. The van der Waals surface area contributed by atoms with Crippen molar-refractivity contribution in [2.45, 2.75) is 6.61 Å². The van der Waals surface area contributed by atoms with Crippen molar-refractivity contribution in [2.24, 2.45) is 0 Å². The summed E-state index contributed by atoms with van der Waals surface area (Å²) >= 11 is 0. The van der Waals surface area contributed by atoms with Gasteiger partial charge in [-0.3, -0.25) is 0 Å². The van der Waals surface area contributed by atoms with E-state index in [9.17, 15) is 8.78 Å². The number of benzene rings is 1. The molecule has 0 bridgehead atoms. The quantitative estimate of drug-likeness (QED) is 0.738. The molecule has 0 aliphatic heterocycles. The van der Waals surface area contributed by atoms with Crippen LogP contribution in [0.1, 0.15) is 5.56 Å². The van der Waals surface area contributed by atoms with Crippen LogP contribution in [0.15, 0.2) is 36.9 Å². The highest BCUT2D eigenvalue weighted by atomic mass is 19.1. The van der Waals surface area contributed by atoms with Crippen LogP contribution in [0.2, 0.25) is 0 Å². The van der Waals surface area contributed by atoms with Gasteiger partial charge in [0.25, 0.3) is 0 Å². The summed E-state index contributed by atoms with van der Waals surface area (Å²) in [6, 6.07) is 4.31. The van der Waals surface area contributed by atoms with Gasteiger partial charge in [-0.1, -0.05) is 0 Å². The van der Waals surface area contributed by atoms with Gasteiger partial charge in [-0.15, -0.1) is 0 Å². The third-order valence-corrected chi connectivity index (χ3v) is 3.04. The first kappa shape index (κ1) is 12.7. The first-order valence-corrected chi connectivity index (χ1v) is 5.95. The average molecular weight is 275 g/mol. The number of aromatic nitrogens is 3. The summed E-state index contributed by atoms with van der Waals surface area (Å²) in [5.41, 5.74) is 0.884. The molecule has 1 aromatic carbocycles. The van der Waals surface area contributed by atoms with E-state index in [1.54, 1.807) is 23.0 Å². The summed E-state index contributed by atoms with van der Waals surface area (Å²) in [7, 11) is 1.39. The predicted molar refractivity (Wildman–Crippen MR) is 69.5 cm³/mol. The Balaban J connectivity index is 2.15. The Morgan fingerprint density at radius 1 is 1.25 bits per heavy atom. The Morgan fingerprint density at radius 3 is 2.70 bits per heavy atom. The SMILES string of the molecule is COCc1c(F)cc(-n2ccc3cncnc32)cc1F. The molecule has 0 amide bonds.